The Balaban J connectivity index is 1.98. The molecule has 0 saturated carbocycles. The lowest BCUT2D eigenvalue weighted by molar-refractivity contribution is -0.138. The van der Waals surface area contributed by atoms with Crippen LogP contribution in [0.2, 0.25) is 0 Å². The van der Waals surface area contributed by atoms with Crippen LogP contribution in [-0.4, -0.2) is 22.0 Å². The summed E-state index contributed by atoms with van der Waals surface area (Å²) in [5, 5.41) is 5.73. The molecule has 0 aliphatic rings. The second kappa shape index (κ2) is 7.28. The molecule has 3 aromatic rings. The Labute approximate surface area is 155 Å². The summed E-state index contributed by atoms with van der Waals surface area (Å²) in [6.45, 7) is 0. The molecule has 134 valence electrons. The molecule has 3 rings (SSSR count). The summed E-state index contributed by atoms with van der Waals surface area (Å²) in [5.41, 5.74) is 0.852. The number of halogens is 4. The Kier molecular flexibility index (Phi) is 5.08. The summed E-state index contributed by atoms with van der Waals surface area (Å²) in [6, 6.07) is 9.15. The molecule has 0 amide bonds. The number of nitrogens with one attached hydrogen (secondary N) is 2. The lowest BCUT2D eigenvalue weighted by Crippen LogP contribution is -2.07. The van der Waals surface area contributed by atoms with Gasteiger partial charge in [-0.15, -0.1) is 0 Å². The average molecular weight is 424 g/mol. The molecular formula is C17H13BrF3N5. The number of hydrogen-bond acceptors (Lipinski definition) is 5. The van der Waals surface area contributed by atoms with E-state index in [0.29, 0.717) is 17.5 Å². The number of anilines is 3. The van der Waals surface area contributed by atoms with Crippen LogP contribution in [0.3, 0.4) is 0 Å². The fraction of sp³-hybridized carbons (Fsp3) is 0.118. The van der Waals surface area contributed by atoms with Crippen LogP contribution in [0.4, 0.5) is 30.6 Å². The van der Waals surface area contributed by atoms with E-state index < -0.39 is 11.7 Å². The standard InChI is InChI=1S/C17H13BrF3N5/c1-22-16-25-14(10-3-2-6-23-9-10)8-15(26-16)24-11-4-5-13(18)12(7-11)17(19,20)21/h2-9H,1H3,(H2,22,24,25,26). The predicted molar refractivity (Wildman–Crippen MR) is 97.2 cm³/mol. The van der Waals surface area contributed by atoms with Gasteiger partial charge in [0, 0.05) is 41.2 Å². The van der Waals surface area contributed by atoms with Gasteiger partial charge >= 0.3 is 6.18 Å². The van der Waals surface area contributed by atoms with E-state index in [1.807, 2.05) is 6.07 Å². The molecule has 0 fully saturated rings. The Morgan fingerprint density at radius 1 is 1.08 bits per heavy atom. The molecule has 0 saturated heterocycles. The van der Waals surface area contributed by atoms with Gasteiger partial charge in [-0.05, 0) is 30.3 Å². The van der Waals surface area contributed by atoms with Gasteiger partial charge in [0.25, 0.3) is 0 Å². The number of hydrogen-bond donors (Lipinski definition) is 2. The van der Waals surface area contributed by atoms with E-state index in [9.17, 15) is 13.2 Å². The van der Waals surface area contributed by atoms with Crippen molar-refractivity contribution in [1.82, 2.24) is 15.0 Å². The highest BCUT2D eigenvalue weighted by Gasteiger charge is 2.33. The fourth-order valence-electron chi connectivity index (χ4n) is 2.25. The van der Waals surface area contributed by atoms with E-state index >= 15 is 0 Å². The quantitative estimate of drug-likeness (QED) is 0.610. The summed E-state index contributed by atoms with van der Waals surface area (Å²) >= 11 is 2.93. The number of benzene rings is 1. The van der Waals surface area contributed by atoms with E-state index in [4.69, 9.17) is 0 Å². The van der Waals surface area contributed by atoms with Crippen molar-refractivity contribution in [3.8, 4) is 11.3 Å². The lowest BCUT2D eigenvalue weighted by atomic mass is 10.2. The van der Waals surface area contributed by atoms with Crippen molar-refractivity contribution in [2.75, 3.05) is 17.7 Å². The SMILES string of the molecule is CNc1nc(Nc2ccc(Br)c(C(F)(F)F)c2)cc(-c2cccnc2)n1. The maximum Gasteiger partial charge on any atom is 0.417 e. The Hall–Kier alpha value is -2.68. The van der Waals surface area contributed by atoms with Crippen LogP contribution in [-0.2, 0) is 6.18 Å². The van der Waals surface area contributed by atoms with Gasteiger partial charge in [-0.3, -0.25) is 4.98 Å². The highest BCUT2D eigenvalue weighted by atomic mass is 79.9. The van der Waals surface area contributed by atoms with Gasteiger partial charge in [-0.1, -0.05) is 15.9 Å². The van der Waals surface area contributed by atoms with E-state index in [1.165, 1.54) is 12.1 Å². The maximum absolute atomic E-state index is 13.1. The predicted octanol–water partition coefficient (Wildman–Crippen LogP) is 5.11. The molecule has 0 atom stereocenters. The van der Waals surface area contributed by atoms with Crippen molar-refractivity contribution in [3.05, 3.63) is 58.8 Å². The Morgan fingerprint density at radius 3 is 2.54 bits per heavy atom. The molecular weight excluding hydrogens is 411 g/mol. The topological polar surface area (TPSA) is 62.7 Å². The van der Waals surface area contributed by atoms with Gasteiger partial charge in [-0.2, -0.15) is 18.2 Å². The molecule has 5 nitrogen and oxygen atoms in total. The minimum absolute atomic E-state index is 0.0230. The van der Waals surface area contributed by atoms with Crippen molar-refractivity contribution in [3.63, 3.8) is 0 Å². The van der Waals surface area contributed by atoms with Gasteiger partial charge < -0.3 is 10.6 Å². The molecule has 2 N–H and O–H groups in total. The molecule has 0 unspecified atom stereocenters. The van der Waals surface area contributed by atoms with E-state index in [1.54, 1.807) is 31.6 Å². The van der Waals surface area contributed by atoms with Crippen molar-refractivity contribution >= 4 is 33.4 Å². The number of pyridine rings is 1. The van der Waals surface area contributed by atoms with Gasteiger partial charge in [-0.25, -0.2) is 4.98 Å². The van der Waals surface area contributed by atoms with Gasteiger partial charge in [0.05, 0.1) is 11.3 Å². The minimum atomic E-state index is -4.46. The van der Waals surface area contributed by atoms with Crippen LogP contribution < -0.4 is 10.6 Å². The second-order valence-electron chi connectivity index (χ2n) is 5.27. The minimum Gasteiger partial charge on any atom is -0.357 e. The third kappa shape index (κ3) is 4.10. The molecule has 26 heavy (non-hydrogen) atoms. The Morgan fingerprint density at radius 2 is 1.88 bits per heavy atom. The van der Waals surface area contributed by atoms with Crippen LogP contribution >= 0.6 is 15.9 Å². The van der Waals surface area contributed by atoms with E-state index in [0.717, 1.165) is 11.6 Å². The van der Waals surface area contributed by atoms with Gasteiger partial charge in [0.15, 0.2) is 0 Å². The zero-order valence-corrected chi connectivity index (χ0v) is 15.1. The molecule has 0 radical (unpaired) electrons. The third-order valence-electron chi connectivity index (χ3n) is 3.45. The first kappa shape index (κ1) is 18.1. The number of alkyl halides is 3. The average Bonchev–Trinajstić information content (AvgIpc) is 2.63. The molecule has 2 aromatic heterocycles. The molecule has 9 heteroatoms. The Bertz CT molecular complexity index is 916. The van der Waals surface area contributed by atoms with E-state index in [-0.39, 0.29) is 10.2 Å². The van der Waals surface area contributed by atoms with Crippen LogP contribution in [0.15, 0.2) is 53.3 Å². The van der Waals surface area contributed by atoms with Gasteiger partial charge in [0.1, 0.15) is 5.82 Å². The molecule has 0 spiro atoms. The largest absolute Gasteiger partial charge is 0.417 e. The van der Waals surface area contributed by atoms with Crippen molar-refractivity contribution < 1.29 is 13.2 Å². The summed E-state index contributed by atoms with van der Waals surface area (Å²) in [4.78, 5) is 12.6. The first-order valence-corrected chi connectivity index (χ1v) is 8.27. The number of nitrogens with zero attached hydrogens (tertiary/aromatic N) is 3. The van der Waals surface area contributed by atoms with Crippen LogP contribution in [0, 0.1) is 0 Å². The smallest absolute Gasteiger partial charge is 0.357 e. The molecule has 0 aliphatic heterocycles. The van der Waals surface area contributed by atoms with Crippen LogP contribution in [0.1, 0.15) is 5.56 Å². The normalized spacial score (nSPS) is 11.3. The highest BCUT2D eigenvalue weighted by molar-refractivity contribution is 9.10. The van der Waals surface area contributed by atoms with E-state index in [2.05, 4.69) is 41.5 Å². The zero-order valence-electron chi connectivity index (χ0n) is 13.5. The third-order valence-corrected chi connectivity index (χ3v) is 4.14. The first-order chi connectivity index (χ1) is 12.4. The number of aromatic nitrogens is 3. The highest BCUT2D eigenvalue weighted by Crippen LogP contribution is 2.37. The summed E-state index contributed by atoms with van der Waals surface area (Å²) in [6.07, 6.45) is -1.17. The second-order valence-corrected chi connectivity index (χ2v) is 6.13. The molecule has 2 heterocycles. The van der Waals surface area contributed by atoms with Gasteiger partial charge in [0.2, 0.25) is 5.95 Å². The van der Waals surface area contributed by atoms with Crippen molar-refractivity contribution in [2.24, 2.45) is 0 Å². The zero-order chi connectivity index (χ0) is 18.7. The van der Waals surface area contributed by atoms with Crippen LogP contribution in [0.5, 0.6) is 0 Å². The summed E-state index contributed by atoms with van der Waals surface area (Å²) in [5.74, 6) is 0.695. The summed E-state index contributed by atoms with van der Waals surface area (Å²) in [7, 11) is 1.66. The monoisotopic (exact) mass is 423 g/mol. The summed E-state index contributed by atoms with van der Waals surface area (Å²) < 4.78 is 39.2. The van der Waals surface area contributed by atoms with Crippen LogP contribution in [0.25, 0.3) is 11.3 Å². The number of rotatable bonds is 4. The fourth-order valence-corrected chi connectivity index (χ4v) is 2.72. The maximum atomic E-state index is 13.1. The molecule has 1 aromatic carbocycles. The van der Waals surface area contributed by atoms with Crippen molar-refractivity contribution in [1.29, 1.82) is 0 Å². The first-order valence-electron chi connectivity index (χ1n) is 7.48. The lowest BCUT2D eigenvalue weighted by Gasteiger charge is -2.13. The molecule has 0 aliphatic carbocycles. The van der Waals surface area contributed by atoms with Crippen molar-refractivity contribution in [2.45, 2.75) is 6.18 Å². The molecule has 0 bridgehead atoms.